The Morgan fingerprint density at radius 2 is 1.89 bits per heavy atom. The van der Waals surface area contributed by atoms with Crippen molar-refractivity contribution in [1.82, 2.24) is 10.3 Å². The van der Waals surface area contributed by atoms with Crippen LogP contribution < -0.4 is 19.5 Å². The first-order chi connectivity index (χ1) is 13.2. The van der Waals surface area contributed by atoms with Crippen molar-refractivity contribution in [3.63, 3.8) is 0 Å². The second-order valence-electron chi connectivity index (χ2n) is 5.65. The third-order valence-corrected chi connectivity index (χ3v) is 5.62. The highest BCUT2D eigenvalue weighted by Gasteiger charge is 2.22. The molecule has 2 heterocycles. The van der Waals surface area contributed by atoms with Gasteiger partial charge >= 0.3 is 0 Å². The summed E-state index contributed by atoms with van der Waals surface area (Å²) >= 11 is 3.15. The Balaban J connectivity index is 1.87. The van der Waals surface area contributed by atoms with Crippen molar-refractivity contribution in [3.8, 4) is 17.2 Å². The van der Waals surface area contributed by atoms with Crippen molar-refractivity contribution in [2.75, 3.05) is 21.3 Å². The van der Waals surface area contributed by atoms with Crippen LogP contribution in [0.2, 0.25) is 0 Å². The number of methoxy groups -OCH3 is 3. The molecule has 142 valence electrons. The number of rotatable bonds is 8. The molecule has 6 nitrogen and oxygen atoms in total. The van der Waals surface area contributed by atoms with Crippen molar-refractivity contribution < 1.29 is 19.0 Å². The lowest BCUT2D eigenvalue weighted by atomic mass is 10.1. The van der Waals surface area contributed by atoms with Crippen LogP contribution in [0.25, 0.3) is 0 Å². The van der Waals surface area contributed by atoms with Crippen LogP contribution in [-0.2, 0) is 6.42 Å². The molecule has 0 bridgehead atoms. The third kappa shape index (κ3) is 4.40. The van der Waals surface area contributed by atoms with Crippen LogP contribution in [0, 0.1) is 0 Å². The molecule has 0 aliphatic heterocycles. The van der Waals surface area contributed by atoms with E-state index in [-0.39, 0.29) is 11.9 Å². The number of hydrogen-bond acceptors (Lipinski definition) is 7. The SMILES string of the molecule is COc1cc(C(=O)N[C@H](Cc2ccsc2)c2nccs2)cc(OC)c1OC. The average molecular weight is 405 g/mol. The number of carbonyl (C=O) groups is 1. The molecule has 1 aromatic carbocycles. The van der Waals surface area contributed by atoms with Gasteiger partial charge in [0.2, 0.25) is 5.75 Å². The number of thiophene rings is 1. The first-order valence-electron chi connectivity index (χ1n) is 8.17. The van der Waals surface area contributed by atoms with E-state index in [1.807, 2.05) is 10.8 Å². The summed E-state index contributed by atoms with van der Waals surface area (Å²) < 4.78 is 16.0. The summed E-state index contributed by atoms with van der Waals surface area (Å²) in [6, 6.07) is 5.11. The zero-order valence-corrected chi connectivity index (χ0v) is 16.9. The highest BCUT2D eigenvalue weighted by atomic mass is 32.1. The summed E-state index contributed by atoms with van der Waals surface area (Å²) in [5.41, 5.74) is 1.58. The van der Waals surface area contributed by atoms with Gasteiger partial charge in [-0.05, 0) is 34.5 Å². The van der Waals surface area contributed by atoms with E-state index in [9.17, 15) is 4.79 Å². The molecule has 0 unspecified atom stereocenters. The minimum atomic E-state index is -0.232. The maximum Gasteiger partial charge on any atom is 0.252 e. The zero-order chi connectivity index (χ0) is 19.2. The molecule has 8 heteroatoms. The quantitative estimate of drug-likeness (QED) is 0.616. The smallest absolute Gasteiger partial charge is 0.252 e. The number of carbonyl (C=O) groups excluding carboxylic acids is 1. The summed E-state index contributed by atoms with van der Waals surface area (Å²) in [4.78, 5) is 17.3. The fraction of sp³-hybridized carbons (Fsp3) is 0.263. The van der Waals surface area contributed by atoms with Crippen LogP contribution in [0.3, 0.4) is 0 Å². The summed E-state index contributed by atoms with van der Waals surface area (Å²) in [5.74, 6) is 1.09. The van der Waals surface area contributed by atoms with E-state index in [0.717, 1.165) is 10.6 Å². The van der Waals surface area contributed by atoms with Crippen LogP contribution in [0.4, 0.5) is 0 Å². The molecule has 0 saturated heterocycles. The van der Waals surface area contributed by atoms with Gasteiger partial charge in [0.05, 0.1) is 27.4 Å². The second-order valence-corrected chi connectivity index (χ2v) is 7.35. The number of aromatic nitrogens is 1. The van der Waals surface area contributed by atoms with E-state index < -0.39 is 0 Å². The molecule has 1 amide bonds. The first-order valence-corrected chi connectivity index (χ1v) is 9.99. The topological polar surface area (TPSA) is 69.7 Å². The highest BCUT2D eigenvalue weighted by molar-refractivity contribution is 7.09. The fourth-order valence-electron chi connectivity index (χ4n) is 2.70. The number of amides is 1. The minimum absolute atomic E-state index is 0.216. The van der Waals surface area contributed by atoms with Crippen molar-refractivity contribution in [1.29, 1.82) is 0 Å². The summed E-state index contributed by atoms with van der Waals surface area (Å²) in [6.07, 6.45) is 2.42. The molecule has 1 N–H and O–H groups in total. The van der Waals surface area contributed by atoms with Crippen molar-refractivity contribution in [2.24, 2.45) is 0 Å². The van der Waals surface area contributed by atoms with Gasteiger partial charge in [-0.15, -0.1) is 11.3 Å². The molecule has 2 aromatic heterocycles. The monoisotopic (exact) mass is 404 g/mol. The molecule has 0 spiro atoms. The molecule has 0 fully saturated rings. The molecule has 3 rings (SSSR count). The maximum absolute atomic E-state index is 12.9. The van der Waals surface area contributed by atoms with E-state index >= 15 is 0 Å². The van der Waals surface area contributed by atoms with Crippen LogP contribution in [-0.4, -0.2) is 32.2 Å². The molecular weight excluding hydrogens is 384 g/mol. The van der Waals surface area contributed by atoms with Gasteiger partial charge in [-0.1, -0.05) is 0 Å². The van der Waals surface area contributed by atoms with Crippen LogP contribution in [0.5, 0.6) is 17.2 Å². The van der Waals surface area contributed by atoms with E-state index in [4.69, 9.17) is 14.2 Å². The highest BCUT2D eigenvalue weighted by Crippen LogP contribution is 2.38. The molecule has 0 aliphatic carbocycles. The van der Waals surface area contributed by atoms with Gasteiger partial charge in [-0.25, -0.2) is 4.98 Å². The normalized spacial score (nSPS) is 11.7. The van der Waals surface area contributed by atoms with Crippen LogP contribution >= 0.6 is 22.7 Å². The van der Waals surface area contributed by atoms with Gasteiger partial charge in [-0.3, -0.25) is 4.79 Å². The molecule has 1 atom stereocenters. The second kappa shape index (κ2) is 8.88. The van der Waals surface area contributed by atoms with Crippen molar-refractivity contribution >= 4 is 28.6 Å². The molecule has 3 aromatic rings. The van der Waals surface area contributed by atoms with E-state index in [2.05, 4.69) is 21.7 Å². The standard InChI is InChI=1S/C19H20N2O4S2/c1-23-15-9-13(10-16(24-2)17(15)25-3)18(22)21-14(19-20-5-7-27-19)8-12-4-6-26-11-12/h4-7,9-11,14H,8H2,1-3H3,(H,21,22)/t14-/m1/s1. The van der Waals surface area contributed by atoms with Gasteiger partial charge in [0.25, 0.3) is 5.91 Å². The van der Waals surface area contributed by atoms with Gasteiger partial charge in [0.15, 0.2) is 11.5 Å². The third-order valence-electron chi connectivity index (χ3n) is 4.00. The number of nitrogens with zero attached hydrogens (tertiary/aromatic N) is 1. The van der Waals surface area contributed by atoms with Crippen molar-refractivity contribution in [2.45, 2.75) is 12.5 Å². The number of thiazole rings is 1. The Hall–Kier alpha value is -2.58. The summed E-state index contributed by atoms with van der Waals surface area (Å²) in [6.45, 7) is 0. The zero-order valence-electron chi connectivity index (χ0n) is 15.2. The predicted molar refractivity (Wildman–Crippen MR) is 106 cm³/mol. The summed E-state index contributed by atoms with van der Waals surface area (Å²) in [7, 11) is 4.57. The van der Waals surface area contributed by atoms with Gasteiger partial charge in [0.1, 0.15) is 5.01 Å². The van der Waals surface area contributed by atoms with Gasteiger partial charge in [-0.2, -0.15) is 11.3 Å². The van der Waals surface area contributed by atoms with E-state index in [1.165, 1.54) is 32.7 Å². The predicted octanol–water partition coefficient (Wildman–Crippen LogP) is 3.94. The number of benzene rings is 1. The molecule has 0 saturated carbocycles. The van der Waals surface area contributed by atoms with Gasteiger partial charge < -0.3 is 19.5 Å². The lowest BCUT2D eigenvalue weighted by molar-refractivity contribution is 0.0935. The molecule has 27 heavy (non-hydrogen) atoms. The number of nitrogens with one attached hydrogen (secondary N) is 1. The first kappa shape index (κ1) is 19.2. The van der Waals surface area contributed by atoms with Gasteiger partial charge in [0, 0.05) is 23.6 Å². The maximum atomic E-state index is 12.9. The number of hydrogen-bond donors (Lipinski definition) is 1. The lowest BCUT2D eigenvalue weighted by Gasteiger charge is -2.18. The Kier molecular flexibility index (Phi) is 6.31. The largest absolute Gasteiger partial charge is 0.493 e. The van der Waals surface area contributed by atoms with E-state index in [0.29, 0.717) is 29.2 Å². The lowest BCUT2D eigenvalue weighted by Crippen LogP contribution is -2.30. The Morgan fingerprint density at radius 3 is 2.41 bits per heavy atom. The summed E-state index contributed by atoms with van der Waals surface area (Å²) in [5, 5.41) is 9.94. The minimum Gasteiger partial charge on any atom is -0.493 e. The Labute approximate surface area is 165 Å². The van der Waals surface area contributed by atoms with Crippen LogP contribution in [0.1, 0.15) is 27.0 Å². The van der Waals surface area contributed by atoms with Crippen LogP contribution in [0.15, 0.2) is 40.5 Å². The Morgan fingerprint density at radius 1 is 1.15 bits per heavy atom. The molecule has 0 radical (unpaired) electrons. The molecule has 0 aliphatic rings. The number of ether oxygens (including phenoxy) is 3. The van der Waals surface area contributed by atoms with Crippen molar-refractivity contribution in [3.05, 3.63) is 56.7 Å². The van der Waals surface area contributed by atoms with E-state index in [1.54, 1.807) is 29.7 Å². The Bertz CT molecular complexity index is 854. The fourth-order valence-corrected chi connectivity index (χ4v) is 4.08. The average Bonchev–Trinajstić information content (AvgIpc) is 3.40. The molecular formula is C19H20N2O4S2.